The van der Waals surface area contributed by atoms with Crippen LogP contribution in [0.1, 0.15) is 27.2 Å². The Hall–Kier alpha value is -1.96. The van der Waals surface area contributed by atoms with Crippen LogP contribution >= 0.6 is 0 Å². The van der Waals surface area contributed by atoms with Crippen molar-refractivity contribution in [1.29, 1.82) is 0 Å². The standard InChI is InChI=1S/C16H22O2/c1-5-9-13(15(17)11-7-3)14(10-6-2)16(18)12-8-4/h5-6,8-12,17-18H,1,7H2,2-4H3/b10-6-,12-8-,13-9-,15-11+,16-14-. The Morgan fingerprint density at radius 2 is 1.72 bits per heavy atom. The lowest BCUT2D eigenvalue weighted by Crippen LogP contribution is -1.96. The number of hydrogen-bond acceptors (Lipinski definition) is 2. The Bertz CT molecular complexity index is 418. The molecule has 2 heteroatoms. The van der Waals surface area contributed by atoms with Gasteiger partial charge in [-0.1, -0.05) is 43.9 Å². The molecule has 0 aromatic rings. The van der Waals surface area contributed by atoms with Crippen LogP contribution in [0.4, 0.5) is 0 Å². The first kappa shape index (κ1) is 16.0. The SMILES string of the molecule is C=C/C=C(C(/C=C\C)=C(O)/C=C\C)\C(O)=C/CC. The largest absolute Gasteiger partial charge is 0.508 e. The highest BCUT2D eigenvalue weighted by Crippen LogP contribution is 2.23. The predicted octanol–water partition coefficient (Wildman–Crippen LogP) is 4.92. The van der Waals surface area contributed by atoms with Gasteiger partial charge in [-0.3, -0.25) is 0 Å². The van der Waals surface area contributed by atoms with Crippen molar-refractivity contribution in [2.75, 3.05) is 0 Å². The zero-order valence-corrected chi connectivity index (χ0v) is 11.4. The molecule has 0 heterocycles. The fourth-order valence-corrected chi connectivity index (χ4v) is 1.46. The van der Waals surface area contributed by atoms with Crippen molar-refractivity contribution in [2.24, 2.45) is 0 Å². The monoisotopic (exact) mass is 246 g/mol. The molecule has 18 heavy (non-hydrogen) atoms. The number of aliphatic hydroxyl groups is 2. The van der Waals surface area contributed by atoms with Crippen LogP contribution in [0, 0.1) is 0 Å². The molecule has 0 aliphatic rings. The molecule has 0 spiro atoms. The van der Waals surface area contributed by atoms with Crippen LogP contribution in [0.3, 0.4) is 0 Å². The summed E-state index contributed by atoms with van der Waals surface area (Å²) in [7, 11) is 0. The minimum Gasteiger partial charge on any atom is -0.508 e. The average Bonchev–Trinajstić information content (AvgIpc) is 2.34. The third-order valence-electron chi connectivity index (χ3n) is 2.18. The summed E-state index contributed by atoms with van der Waals surface area (Å²) in [6.07, 6.45) is 12.6. The maximum absolute atomic E-state index is 10.00. The Balaban J connectivity index is 5.83. The van der Waals surface area contributed by atoms with Crippen LogP contribution in [-0.2, 0) is 0 Å². The van der Waals surface area contributed by atoms with E-state index in [9.17, 15) is 10.2 Å². The zero-order valence-electron chi connectivity index (χ0n) is 11.4. The van der Waals surface area contributed by atoms with Gasteiger partial charge in [-0.15, -0.1) is 0 Å². The van der Waals surface area contributed by atoms with E-state index in [2.05, 4.69) is 6.58 Å². The van der Waals surface area contributed by atoms with Gasteiger partial charge >= 0.3 is 0 Å². The molecule has 0 unspecified atom stereocenters. The Labute approximate surface area is 110 Å². The fraction of sp³-hybridized carbons (Fsp3) is 0.250. The molecule has 0 radical (unpaired) electrons. The third-order valence-corrected chi connectivity index (χ3v) is 2.18. The van der Waals surface area contributed by atoms with Crippen LogP contribution in [0.25, 0.3) is 0 Å². The lowest BCUT2D eigenvalue weighted by molar-refractivity contribution is 0.412. The Kier molecular flexibility index (Phi) is 8.12. The second-order valence-electron chi connectivity index (χ2n) is 3.61. The molecule has 0 aromatic heterocycles. The highest BCUT2D eigenvalue weighted by atomic mass is 16.3. The highest BCUT2D eigenvalue weighted by molar-refractivity contribution is 5.53. The molecule has 0 atom stereocenters. The van der Waals surface area contributed by atoms with Crippen LogP contribution in [0.15, 0.2) is 71.8 Å². The molecule has 0 aromatic carbocycles. The van der Waals surface area contributed by atoms with Gasteiger partial charge in [-0.2, -0.15) is 0 Å². The van der Waals surface area contributed by atoms with Crippen LogP contribution < -0.4 is 0 Å². The first-order chi connectivity index (χ1) is 8.62. The van der Waals surface area contributed by atoms with E-state index in [0.717, 1.165) is 0 Å². The van der Waals surface area contributed by atoms with Gasteiger partial charge in [0, 0.05) is 11.1 Å². The van der Waals surface area contributed by atoms with Crippen molar-refractivity contribution in [3.63, 3.8) is 0 Å². The average molecular weight is 246 g/mol. The van der Waals surface area contributed by atoms with Crippen molar-refractivity contribution < 1.29 is 10.2 Å². The molecule has 0 saturated carbocycles. The molecule has 2 N–H and O–H groups in total. The van der Waals surface area contributed by atoms with E-state index in [4.69, 9.17) is 0 Å². The molecule has 0 rings (SSSR count). The summed E-state index contributed by atoms with van der Waals surface area (Å²) in [4.78, 5) is 0. The van der Waals surface area contributed by atoms with Crippen LogP contribution in [0.2, 0.25) is 0 Å². The quantitative estimate of drug-likeness (QED) is 0.516. The number of aliphatic hydroxyl groups excluding tert-OH is 2. The van der Waals surface area contributed by atoms with Crippen molar-refractivity contribution in [2.45, 2.75) is 27.2 Å². The first-order valence-electron chi connectivity index (χ1n) is 6.03. The molecule has 98 valence electrons. The van der Waals surface area contributed by atoms with Crippen LogP contribution in [-0.4, -0.2) is 10.2 Å². The summed E-state index contributed by atoms with van der Waals surface area (Å²) in [5, 5.41) is 20.0. The van der Waals surface area contributed by atoms with E-state index in [1.54, 1.807) is 36.5 Å². The predicted molar refractivity (Wildman–Crippen MR) is 78.6 cm³/mol. The minimum atomic E-state index is 0.111. The van der Waals surface area contributed by atoms with E-state index >= 15 is 0 Å². The van der Waals surface area contributed by atoms with Gasteiger partial charge in [0.25, 0.3) is 0 Å². The van der Waals surface area contributed by atoms with Crippen LogP contribution in [0.5, 0.6) is 0 Å². The maximum Gasteiger partial charge on any atom is 0.123 e. The Morgan fingerprint density at radius 1 is 1.11 bits per heavy atom. The Morgan fingerprint density at radius 3 is 2.17 bits per heavy atom. The first-order valence-corrected chi connectivity index (χ1v) is 6.03. The molecule has 0 bridgehead atoms. The topological polar surface area (TPSA) is 40.5 Å². The van der Waals surface area contributed by atoms with E-state index < -0.39 is 0 Å². The van der Waals surface area contributed by atoms with Crippen molar-refractivity contribution >= 4 is 0 Å². The summed E-state index contributed by atoms with van der Waals surface area (Å²) in [6, 6.07) is 0. The number of allylic oxidation sites excluding steroid dienone is 8. The van der Waals surface area contributed by atoms with E-state index in [-0.39, 0.29) is 11.5 Å². The van der Waals surface area contributed by atoms with Gasteiger partial charge in [0.15, 0.2) is 0 Å². The van der Waals surface area contributed by atoms with E-state index in [1.807, 2.05) is 26.8 Å². The fourth-order valence-electron chi connectivity index (χ4n) is 1.46. The van der Waals surface area contributed by atoms with E-state index in [1.165, 1.54) is 0 Å². The van der Waals surface area contributed by atoms with Gasteiger partial charge in [0.05, 0.1) is 0 Å². The normalized spacial score (nSPS) is 15.3. The van der Waals surface area contributed by atoms with Crippen molar-refractivity contribution in [1.82, 2.24) is 0 Å². The van der Waals surface area contributed by atoms with Gasteiger partial charge < -0.3 is 10.2 Å². The molecule has 0 amide bonds. The van der Waals surface area contributed by atoms with Crippen molar-refractivity contribution in [3.05, 3.63) is 71.8 Å². The summed E-state index contributed by atoms with van der Waals surface area (Å²) in [5.41, 5.74) is 1.12. The van der Waals surface area contributed by atoms with Gasteiger partial charge in [-0.05, 0) is 32.4 Å². The summed E-state index contributed by atoms with van der Waals surface area (Å²) >= 11 is 0. The minimum absolute atomic E-state index is 0.111. The summed E-state index contributed by atoms with van der Waals surface area (Å²) in [5.74, 6) is 0.251. The lowest BCUT2D eigenvalue weighted by Gasteiger charge is -2.09. The molecular weight excluding hydrogens is 224 g/mol. The van der Waals surface area contributed by atoms with Gasteiger partial charge in [-0.25, -0.2) is 0 Å². The molecule has 0 aliphatic carbocycles. The summed E-state index contributed by atoms with van der Waals surface area (Å²) in [6.45, 7) is 9.24. The third kappa shape index (κ3) is 4.91. The second kappa shape index (κ2) is 9.11. The smallest absolute Gasteiger partial charge is 0.123 e. The molecule has 0 saturated heterocycles. The van der Waals surface area contributed by atoms with Gasteiger partial charge in [0.1, 0.15) is 11.5 Å². The summed E-state index contributed by atoms with van der Waals surface area (Å²) < 4.78 is 0. The zero-order chi connectivity index (χ0) is 14.0. The maximum atomic E-state index is 10.00. The molecule has 0 fully saturated rings. The van der Waals surface area contributed by atoms with E-state index in [0.29, 0.717) is 17.6 Å². The highest BCUT2D eigenvalue weighted by Gasteiger charge is 2.10. The lowest BCUT2D eigenvalue weighted by atomic mass is 10.0. The molecular formula is C16H22O2. The van der Waals surface area contributed by atoms with Crippen molar-refractivity contribution in [3.8, 4) is 0 Å². The van der Waals surface area contributed by atoms with Gasteiger partial charge in [0.2, 0.25) is 0 Å². The number of hydrogen-bond donors (Lipinski definition) is 2. The number of rotatable bonds is 6. The second-order valence-corrected chi connectivity index (χ2v) is 3.61. The molecule has 0 aliphatic heterocycles. The molecule has 2 nitrogen and oxygen atoms in total.